The largest absolute Gasteiger partial charge is 0.291 e. The monoisotopic (exact) mass is 184 g/mol. The van der Waals surface area contributed by atoms with Crippen LogP contribution in [0.1, 0.15) is 33.6 Å². The SMILES string of the molecule is CCN(CC)CN1CCCC(C)C1. The molecule has 1 aliphatic rings. The molecular formula is C11H24N2. The fourth-order valence-electron chi connectivity index (χ4n) is 2.12. The standard InChI is InChI=1S/C11H24N2/c1-4-12(5-2)10-13-8-6-7-11(3)9-13/h11H,4-10H2,1-3H3. The van der Waals surface area contributed by atoms with Crippen LogP contribution in [0, 0.1) is 5.92 Å². The van der Waals surface area contributed by atoms with Gasteiger partial charge in [0.25, 0.3) is 0 Å². The van der Waals surface area contributed by atoms with Crippen molar-refractivity contribution < 1.29 is 0 Å². The fourth-order valence-corrected chi connectivity index (χ4v) is 2.12. The van der Waals surface area contributed by atoms with Crippen molar-refractivity contribution in [3.8, 4) is 0 Å². The van der Waals surface area contributed by atoms with E-state index in [0.717, 1.165) is 5.92 Å². The lowest BCUT2D eigenvalue weighted by Gasteiger charge is -2.34. The molecule has 0 N–H and O–H groups in total. The number of hydrogen-bond donors (Lipinski definition) is 0. The lowest BCUT2D eigenvalue weighted by molar-refractivity contribution is 0.0997. The highest BCUT2D eigenvalue weighted by Crippen LogP contribution is 2.15. The molecular weight excluding hydrogens is 160 g/mol. The van der Waals surface area contributed by atoms with Gasteiger partial charge in [-0.3, -0.25) is 9.80 Å². The zero-order chi connectivity index (χ0) is 9.68. The summed E-state index contributed by atoms with van der Waals surface area (Å²) in [6.07, 6.45) is 2.82. The van der Waals surface area contributed by atoms with Gasteiger partial charge in [0, 0.05) is 6.54 Å². The third-order valence-electron chi connectivity index (χ3n) is 3.04. The van der Waals surface area contributed by atoms with Crippen LogP contribution in [0.3, 0.4) is 0 Å². The van der Waals surface area contributed by atoms with Gasteiger partial charge in [0.1, 0.15) is 0 Å². The Bertz CT molecular complexity index is 132. The molecule has 13 heavy (non-hydrogen) atoms. The van der Waals surface area contributed by atoms with E-state index < -0.39 is 0 Å². The summed E-state index contributed by atoms with van der Waals surface area (Å²) in [4.78, 5) is 5.10. The molecule has 0 aromatic rings. The van der Waals surface area contributed by atoms with Crippen molar-refractivity contribution in [1.29, 1.82) is 0 Å². The van der Waals surface area contributed by atoms with Gasteiger partial charge in [-0.1, -0.05) is 20.8 Å². The van der Waals surface area contributed by atoms with Crippen LogP contribution >= 0.6 is 0 Å². The highest BCUT2D eigenvalue weighted by atomic mass is 15.3. The summed E-state index contributed by atoms with van der Waals surface area (Å²) in [5.74, 6) is 0.907. The molecule has 0 spiro atoms. The predicted octanol–water partition coefficient (Wildman–Crippen LogP) is 2.02. The van der Waals surface area contributed by atoms with Gasteiger partial charge in [-0.2, -0.15) is 0 Å². The van der Waals surface area contributed by atoms with E-state index in [1.807, 2.05) is 0 Å². The number of nitrogens with zero attached hydrogens (tertiary/aromatic N) is 2. The van der Waals surface area contributed by atoms with E-state index in [4.69, 9.17) is 0 Å². The summed E-state index contributed by atoms with van der Waals surface area (Å²) in [5.41, 5.74) is 0. The van der Waals surface area contributed by atoms with Crippen LogP contribution in [0.2, 0.25) is 0 Å². The molecule has 0 aromatic heterocycles. The first kappa shape index (κ1) is 11.0. The van der Waals surface area contributed by atoms with Gasteiger partial charge in [-0.15, -0.1) is 0 Å². The van der Waals surface area contributed by atoms with Crippen molar-refractivity contribution in [2.75, 3.05) is 32.8 Å². The van der Waals surface area contributed by atoms with E-state index in [1.165, 1.54) is 45.7 Å². The topological polar surface area (TPSA) is 6.48 Å². The van der Waals surface area contributed by atoms with E-state index in [0.29, 0.717) is 0 Å². The van der Waals surface area contributed by atoms with Crippen LogP contribution in [0.15, 0.2) is 0 Å². The first-order valence-electron chi connectivity index (χ1n) is 5.71. The molecule has 0 radical (unpaired) electrons. The Morgan fingerprint density at radius 2 is 2.00 bits per heavy atom. The molecule has 1 heterocycles. The molecule has 1 saturated heterocycles. The molecule has 0 aromatic carbocycles. The summed E-state index contributed by atoms with van der Waals surface area (Å²) in [5, 5.41) is 0. The van der Waals surface area contributed by atoms with Crippen molar-refractivity contribution in [3.05, 3.63) is 0 Å². The summed E-state index contributed by atoms with van der Waals surface area (Å²) < 4.78 is 0. The van der Waals surface area contributed by atoms with Crippen LogP contribution in [-0.4, -0.2) is 42.6 Å². The van der Waals surface area contributed by atoms with Crippen LogP contribution in [0.5, 0.6) is 0 Å². The predicted molar refractivity (Wildman–Crippen MR) is 57.8 cm³/mol. The van der Waals surface area contributed by atoms with Gasteiger partial charge in [-0.25, -0.2) is 0 Å². The zero-order valence-corrected chi connectivity index (χ0v) is 9.42. The minimum atomic E-state index is 0.907. The summed E-state index contributed by atoms with van der Waals surface area (Å²) in [6.45, 7) is 13.0. The van der Waals surface area contributed by atoms with Crippen molar-refractivity contribution in [2.45, 2.75) is 33.6 Å². The molecule has 0 aliphatic carbocycles. The summed E-state index contributed by atoms with van der Waals surface area (Å²) in [7, 11) is 0. The van der Waals surface area contributed by atoms with Crippen molar-refractivity contribution in [1.82, 2.24) is 9.80 Å². The smallest absolute Gasteiger partial charge is 0.0506 e. The second kappa shape index (κ2) is 5.61. The fraction of sp³-hybridized carbons (Fsp3) is 1.00. The van der Waals surface area contributed by atoms with E-state index in [9.17, 15) is 0 Å². The lowest BCUT2D eigenvalue weighted by Crippen LogP contribution is -2.42. The second-order valence-electron chi connectivity index (χ2n) is 4.27. The maximum absolute atomic E-state index is 2.60. The molecule has 1 fully saturated rings. The van der Waals surface area contributed by atoms with E-state index in [-0.39, 0.29) is 0 Å². The van der Waals surface area contributed by atoms with Crippen molar-refractivity contribution in [2.24, 2.45) is 5.92 Å². The van der Waals surface area contributed by atoms with Crippen LogP contribution in [0.25, 0.3) is 0 Å². The molecule has 78 valence electrons. The first-order valence-corrected chi connectivity index (χ1v) is 5.71. The lowest BCUT2D eigenvalue weighted by atomic mass is 10.0. The van der Waals surface area contributed by atoms with E-state index in [2.05, 4.69) is 30.6 Å². The third kappa shape index (κ3) is 3.65. The molecule has 2 nitrogen and oxygen atoms in total. The maximum atomic E-state index is 2.60. The molecule has 0 saturated carbocycles. The normalized spacial score (nSPS) is 25.4. The molecule has 1 unspecified atom stereocenters. The van der Waals surface area contributed by atoms with Crippen LogP contribution in [-0.2, 0) is 0 Å². The number of likely N-dealkylation sites (tertiary alicyclic amines) is 1. The maximum Gasteiger partial charge on any atom is 0.0506 e. The Labute approximate surface area is 82.9 Å². The van der Waals surface area contributed by atoms with Crippen molar-refractivity contribution >= 4 is 0 Å². The molecule has 0 amide bonds. The quantitative estimate of drug-likeness (QED) is 0.659. The minimum Gasteiger partial charge on any atom is -0.291 e. The van der Waals surface area contributed by atoms with Crippen LogP contribution in [0.4, 0.5) is 0 Å². The molecule has 1 aliphatic heterocycles. The average Bonchev–Trinajstić information content (AvgIpc) is 2.14. The Balaban J connectivity index is 2.26. The summed E-state index contributed by atoms with van der Waals surface area (Å²) >= 11 is 0. The molecule has 0 bridgehead atoms. The first-order chi connectivity index (χ1) is 6.26. The summed E-state index contributed by atoms with van der Waals surface area (Å²) in [6, 6.07) is 0. The van der Waals surface area contributed by atoms with Gasteiger partial charge in [0.2, 0.25) is 0 Å². The Morgan fingerprint density at radius 3 is 2.54 bits per heavy atom. The minimum absolute atomic E-state index is 0.907. The number of hydrogen-bond acceptors (Lipinski definition) is 2. The molecule has 1 atom stereocenters. The van der Waals surface area contributed by atoms with E-state index >= 15 is 0 Å². The zero-order valence-electron chi connectivity index (χ0n) is 9.42. The highest BCUT2D eigenvalue weighted by Gasteiger charge is 2.16. The molecule has 1 rings (SSSR count). The average molecular weight is 184 g/mol. The Morgan fingerprint density at radius 1 is 1.31 bits per heavy atom. The number of piperidine rings is 1. The number of rotatable bonds is 4. The second-order valence-corrected chi connectivity index (χ2v) is 4.27. The van der Waals surface area contributed by atoms with Gasteiger partial charge in [0.05, 0.1) is 6.67 Å². The van der Waals surface area contributed by atoms with Crippen LogP contribution < -0.4 is 0 Å². The van der Waals surface area contributed by atoms with Gasteiger partial charge >= 0.3 is 0 Å². The van der Waals surface area contributed by atoms with Crippen molar-refractivity contribution in [3.63, 3.8) is 0 Å². The highest BCUT2D eigenvalue weighted by molar-refractivity contribution is 4.69. The third-order valence-corrected chi connectivity index (χ3v) is 3.04. The Kier molecular flexibility index (Phi) is 4.74. The molecule has 2 heteroatoms. The van der Waals surface area contributed by atoms with E-state index in [1.54, 1.807) is 0 Å². The Hall–Kier alpha value is -0.0800. The van der Waals surface area contributed by atoms with Gasteiger partial charge < -0.3 is 0 Å². The van der Waals surface area contributed by atoms with Gasteiger partial charge in [0.15, 0.2) is 0 Å². The van der Waals surface area contributed by atoms with Gasteiger partial charge in [-0.05, 0) is 38.4 Å².